The Morgan fingerprint density at radius 2 is 1.48 bits per heavy atom. The molecule has 0 bridgehead atoms. The molecule has 4 aromatic carbocycles. The van der Waals surface area contributed by atoms with Crippen molar-refractivity contribution in [1.82, 2.24) is 10.2 Å². The van der Waals surface area contributed by atoms with E-state index in [1.165, 1.54) is 35.2 Å². The zero-order valence-electron chi connectivity index (χ0n) is 25.7. The Kier molecular flexibility index (Phi) is 11.0. The van der Waals surface area contributed by atoms with Crippen LogP contribution in [-0.4, -0.2) is 48.2 Å². The van der Waals surface area contributed by atoms with Crippen molar-refractivity contribution >= 4 is 49.1 Å². The number of carbonyl (C=O) groups is 2. The molecule has 0 aliphatic rings. The molecule has 10 nitrogen and oxygen atoms in total. The summed E-state index contributed by atoms with van der Waals surface area (Å²) in [4.78, 5) is 40.7. The van der Waals surface area contributed by atoms with Gasteiger partial charge in [0.05, 0.1) is 15.5 Å². The van der Waals surface area contributed by atoms with Gasteiger partial charge in [0.15, 0.2) is 0 Å². The average Bonchev–Trinajstić information content (AvgIpc) is 3.02. The van der Waals surface area contributed by atoms with Crippen LogP contribution in [0.1, 0.15) is 31.9 Å². The van der Waals surface area contributed by atoms with E-state index < -0.39 is 44.9 Å². The number of sulfonamides is 1. The van der Waals surface area contributed by atoms with E-state index in [2.05, 4.69) is 21.2 Å². The monoisotopic (exact) mass is 706 g/mol. The molecule has 0 spiro atoms. The Morgan fingerprint density at radius 3 is 2.07 bits per heavy atom. The minimum absolute atomic E-state index is 0.00462. The molecule has 0 aliphatic carbocycles. The zero-order valence-corrected chi connectivity index (χ0v) is 28.1. The number of nitrogens with one attached hydrogen (secondary N) is 1. The minimum atomic E-state index is -4.38. The minimum Gasteiger partial charge on any atom is -0.350 e. The zero-order chi connectivity index (χ0) is 33.5. The Bertz CT molecular complexity index is 1780. The number of nitrogens with zero attached hydrogens (tertiary/aromatic N) is 3. The number of nitro groups is 1. The lowest BCUT2D eigenvalue weighted by Gasteiger charge is -2.35. The fourth-order valence-electron chi connectivity index (χ4n) is 4.80. The van der Waals surface area contributed by atoms with Crippen LogP contribution in [0.5, 0.6) is 0 Å². The van der Waals surface area contributed by atoms with Crippen molar-refractivity contribution in [3.8, 4) is 0 Å². The molecule has 0 aromatic heterocycles. The van der Waals surface area contributed by atoms with Crippen LogP contribution in [0.15, 0.2) is 119 Å². The number of hydrogen-bond acceptors (Lipinski definition) is 6. The van der Waals surface area contributed by atoms with Gasteiger partial charge in [-0.05, 0) is 62.2 Å². The fraction of sp³-hybridized carbons (Fsp3) is 0.235. The first kappa shape index (κ1) is 34.3. The summed E-state index contributed by atoms with van der Waals surface area (Å²) in [5.74, 6) is -1.08. The molecule has 240 valence electrons. The number of hydrogen-bond donors (Lipinski definition) is 1. The molecule has 0 aliphatic heterocycles. The molecule has 2 amide bonds. The van der Waals surface area contributed by atoms with Crippen LogP contribution < -0.4 is 9.62 Å². The number of nitro benzene ring substituents is 1. The Hall–Kier alpha value is -4.55. The van der Waals surface area contributed by atoms with Crippen LogP contribution in [0.25, 0.3) is 0 Å². The molecular formula is C34H35BrN4O6S. The van der Waals surface area contributed by atoms with Crippen molar-refractivity contribution in [2.75, 3.05) is 10.8 Å². The third-order valence-corrected chi connectivity index (χ3v) is 9.29. The highest BCUT2D eigenvalue weighted by molar-refractivity contribution is 9.10. The summed E-state index contributed by atoms with van der Waals surface area (Å²) < 4.78 is 29.8. The van der Waals surface area contributed by atoms with Crippen LogP contribution in [0.3, 0.4) is 0 Å². The molecule has 12 heteroatoms. The molecular weight excluding hydrogens is 672 g/mol. The molecule has 1 atom stereocenters. The van der Waals surface area contributed by atoms with Gasteiger partial charge in [0, 0.05) is 35.1 Å². The van der Waals surface area contributed by atoms with Crippen LogP contribution in [0.2, 0.25) is 0 Å². The van der Waals surface area contributed by atoms with Crippen LogP contribution in [-0.2, 0) is 32.6 Å². The van der Waals surface area contributed by atoms with E-state index in [4.69, 9.17) is 0 Å². The summed E-state index contributed by atoms with van der Waals surface area (Å²) in [5.41, 5.74) is 0.498. The van der Waals surface area contributed by atoms with Gasteiger partial charge < -0.3 is 10.2 Å². The topological polar surface area (TPSA) is 130 Å². The number of anilines is 1. The lowest BCUT2D eigenvalue weighted by molar-refractivity contribution is -0.384. The third-order valence-electron chi connectivity index (χ3n) is 6.97. The van der Waals surface area contributed by atoms with Crippen molar-refractivity contribution in [2.24, 2.45) is 0 Å². The summed E-state index contributed by atoms with van der Waals surface area (Å²) in [6.07, 6.45) is 0.160. The van der Waals surface area contributed by atoms with Gasteiger partial charge in [-0.25, -0.2) is 8.42 Å². The van der Waals surface area contributed by atoms with Crippen LogP contribution >= 0.6 is 15.9 Å². The van der Waals surface area contributed by atoms with E-state index in [1.807, 2.05) is 75.4 Å². The molecule has 4 aromatic rings. The van der Waals surface area contributed by atoms with E-state index in [0.717, 1.165) is 20.4 Å². The molecule has 0 heterocycles. The van der Waals surface area contributed by atoms with Gasteiger partial charge in [0.1, 0.15) is 12.6 Å². The predicted molar refractivity (Wildman–Crippen MR) is 181 cm³/mol. The predicted octanol–water partition coefficient (Wildman–Crippen LogP) is 6.11. The normalized spacial score (nSPS) is 12.2. The Morgan fingerprint density at radius 1 is 0.870 bits per heavy atom. The highest BCUT2D eigenvalue weighted by Crippen LogP contribution is 2.28. The Balaban J connectivity index is 1.84. The van der Waals surface area contributed by atoms with E-state index in [1.54, 1.807) is 18.2 Å². The van der Waals surface area contributed by atoms with Crippen molar-refractivity contribution in [1.29, 1.82) is 0 Å². The van der Waals surface area contributed by atoms with Crippen molar-refractivity contribution in [3.63, 3.8) is 0 Å². The van der Waals surface area contributed by atoms with Gasteiger partial charge in [0.2, 0.25) is 11.8 Å². The van der Waals surface area contributed by atoms with Gasteiger partial charge in [-0.2, -0.15) is 0 Å². The van der Waals surface area contributed by atoms with Gasteiger partial charge in [0.25, 0.3) is 15.7 Å². The van der Waals surface area contributed by atoms with Gasteiger partial charge in [-0.15, -0.1) is 0 Å². The second-order valence-corrected chi connectivity index (χ2v) is 14.5. The molecule has 0 radical (unpaired) electrons. The first-order valence-electron chi connectivity index (χ1n) is 14.5. The first-order chi connectivity index (χ1) is 21.7. The Labute approximate surface area is 277 Å². The maximum absolute atomic E-state index is 14.5. The average molecular weight is 708 g/mol. The SMILES string of the molecule is CC(C)(C)NC(=O)[C@@H](Cc1ccccc1)N(Cc1ccc(Br)cc1)C(=O)CN(c1cccc([N+](=O)[O-])c1)S(=O)(=O)c1ccccc1. The first-order valence-corrected chi connectivity index (χ1v) is 16.7. The standard InChI is InChI=1S/C34H35BrN4O6S/c1-34(2,3)36-33(41)31(21-25-11-6-4-7-12-25)37(23-26-17-19-27(35)20-18-26)32(40)24-38(28-13-10-14-29(22-28)39(42)43)46(44,45)30-15-8-5-9-16-30/h4-20,22,31H,21,23-24H2,1-3H3,(H,36,41)/t31-/m1/s1. The van der Waals surface area contributed by atoms with E-state index in [0.29, 0.717) is 5.56 Å². The summed E-state index contributed by atoms with van der Waals surface area (Å²) in [5, 5.41) is 14.6. The second-order valence-electron chi connectivity index (χ2n) is 11.7. The number of amides is 2. The van der Waals surface area contributed by atoms with Crippen molar-refractivity contribution in [3.05, 3.63) is 135 Å². The summed E-state index contributed by atoms with van der Waals surface area (Å²) in [7, 11) is -4.38. The lowest BCUT2D eigenvalue weighted by atomic mass is 10.0. The van der Waals surface area contributed by atoms with Crippen LogP contribution in [0.4, 0.5) is 11.4 Å². The fourth-order valence-corrected chi connectivity index (χ4v) is 6.49. The maximum Gasteiger partial charge on any atom is 0.271 e. The van der Waals surface area contributed by atoms with Crippen molar-refractivity contribution < 1.29 is 22.9 Å². The van der Waals surface area contributed by atoms with E-state index in [9.17, 15) is 28.1 Å². The van der Waals surface area contributed by atoms with E-state index in [-0.39, 0.29) is 29.2 Å². The molecule has 4 rings (SSSR count). The third kappa shape index (κ3) is 9.01. The molecule has 1 N–H and O–H groups in total. The second kappa shape index (κ2) is 14.7. The number of non-ortho nitro benzene ring substituents is 1. The molecule has 0 saturated heterocycles. The van der Waals surface area contributed by atoms with Crippen molar-refractivity contribution in [2.45, 2.75) is 50.2 Å². The highest BCUT2D eigenvalue weighted by Gasteiger charge is 2.36. The quantitative estimate of drug-likeness (QED) is 0.140. The lowest BCUT2D eigenvalue weighted by Crippen LogP contribution is -2.56. The number of benzene rings is 4. The van der Waals surface area contributed by atoms with Gasteiger partial charge >= 0.3 is 0 Å². The molecule has 0 unspecified atom stereocenters. The summed E-state index contributed by atoms with van der Waals surface area (Å²) in [6, 6.07) is 28.1. The number of carbonyl (C=O) groups excluding carboxylic acids is 2. The molecule has 0 fully saturated rings. The highest BCUT2D eigenvalue weighted by atomic mass is 79.9. The largest absolute Gasteiger partial charge is 0.350 e. The van der Waals surface area contributed by atoms with Gasteiger partial charge in [-0.1, -0.05) is 82.7 Å². The number of halogens is 1. The smallest absolute Gasteiger partial charge is 0.271 e. The summed E-state index contributed by atoms with van der Waals surface area (Å²) in [6.45, 7) is 4.78. The summed E-state index contributed by atoms with van der Waals surface area (Å²) >= 11 is 3.42. The number of rotatable bonds is 12. The molecule has 0 saturated carbocycles. The maximum atomic E-state index is 14.5. The van der Waals surface area contributed by atoms with Crippen LogP contribution in [0, 0.1) is 10.1 Å². The van der Waals surface area contributed by atoms with E-state index >= 15 is 0 Å². The molecule has 46 heavy (non-hydrogen) atoms. The van der Waals surface area contributed by atoms with Gasteiger partial charge in [-0.3, -0.25) is 24.0 Å².